The smallest absolute Gasteiger partial charge is 0.196 e. The molecule has 1 nitrogen and oxygen atoms in total. The first-order chi connectivity index (χ1) is 9.25. The normalized spacial score (nSPS) is 36.4. The van der Waals surface area contributed by atoms with Gasteiger partial charge in [-0.2, -0.15) is 0 Å². The molecule has 0 amide bonds. The number of aliphatic imine (C=N–C) groups is 1. The van der Waals surface area contributed by atoms with E-state index in [2.05, 4.69) is 31.8 Å². The molecule has 1 saturated carbocycles. The molecule has 0 N–H and O–H groups in total. The van der Waals surface area contributed by atoms with Crippen molar-refractivity contribution in [1.29, 1.82) is 0 Å². The van der Waals surface area contributed by atoms with Crippen LogP contribution in [0.5, 0.6) is 0 Å². The Kier molecular flexibility index (Phi) is 4.94. The van der Waals surface area contributed by atoms with Crippen LogP contribution in [0.4, 0.5) is 0 Å². The minimum atomic E-state index is 0.0468. The zero-order chi connectivity index (χ0) is 15.0. The lowest BCUT2D eigenvalue weighted by Crippen LogP contribution is -2.48. The monoisotopic (exact) mass is 333 g/mol. The average molecular weight is 335 g/mol. The van der Waals surface area contributed by atoms with Crippen LogP contribution < -0.4 is 0 Å². The molecule has 4 heteroatoms. The van der Waals surface area contributed by atoms with Crippen molar-refractivity contribution in [3.05, 3.63) is 23.9 Å². The van der Waals surface area contributed by atoms with Crippen molar-refractivity contribution < 1.29 is 0 Å². The van der Waals surface area contributed by atoms with E-state index in [1.54, 1.807) is 6.20 Å². The number of hydrogen-bond acceptors (Lipinski definition) is 1. The molecule has 1 unspecified atom stereocenters. The van der Waals surface area contributed by atoms with Crippen LogP contribution in [-0.4, -0.2) is 10.0 Å². The van der Waals surface area contributed by atoms with Crippen molar-refractivity contribution in [1.82, 2.24) is 0 Å². The topological polar surface area (TPSA) is 12.4 Å². The molecule has 0 aromatic carbocycles. The van der Waals surface area contributed by atoms with Gasteiger partial charge in [0.2, 0.25) is 0 Å². The van der Waals surface area contributed by atoms with E-state index in [0.29, 0.717) is 5.92 Å². The molecular weight excluding hydrogens is 313 g/mol. The maximum absolute atomic E-state index is 6.56. The third-order valence-electron chi connectivity index (χ3n) is 5.14. The molecule has 0 bridgehead atoms. The quantitative estimate of drug-likeness (QED) is 0.427. The van der Waals surface area contributed by atoms with Gasteiger partial charge in [-0.1, -0.05) is 26.8 Å². The molecule has 0 radical (unpaired) electrons. The Hall–Kier alpha value is 0.0200. The lowest BCUT2D eigenvalue weighted by atomic mass is 9.53. The SMILES string of the molecule is CC1(C)C2CCC(/C=C\N=C(Cl)Cl)=C[C@@]2(C)CC[C@@H]1Cl. The van der Waals surface area contributed by atoms with Crippen LogP contribution in [0.25, 0.3) is 0 Å². The van der Waals surface area contributed by atoms with Gasteiger partial charge in [0.15, 0.2) is 4.63 Å². The standard InChI is InChI=1S/C16H22Cl3N/c1-15(2)12-5-4-11(7-9-20-14(18)19)10-16(12,3)8-6-13(15)17/h7,9-10,12-13H,4-6,8H2,1-3H3/b9-7-/t12?,13-,16+/m0/s1. The number of halogens is 3. The number of alkyl halides is 1. The summed E-state index contributed by atoms with van der Waals surface area (Å²) in [5.74, 6) is 0.642. The van der Waals surface area contributed by atoms with Gasteiger partial charge in [0.05, 0.1) is 0 Å². The number of fused-ring (bicyclic) bond motifs is 1. The van der Waals surface area contributed by atoms with Gasteiger partial charge < -0.3 is 0 Å². The first-order valence-electron chi connectivity index (χ1n) is 7.17. The van der Waals surface area contributed by atoms with Gasteiger partial charge in [-0.25, -0.2) is 4.99 Å². The Labute approximate surface area is 137 Å². The molecule has 2 aliphatic rings. The third-order valence-corrected chi connectivity index (χ3v) is 6.11. The maximum atomic E-state index is 6.56. The molecule has 2 aliphatic carbocycles. The van der Waals surface area contributed by atoms with Gasteiger partial charge >= 0.3 is 0 Å². The zero-order valence-corrected chi connectivity index (χ0v) is 14.6. The fourth-order valence-electron chi connectivity index (χ4n) is 4.05. The average Bonchev–Trinajstić information content (AvgIpc) is 2.34. The lowest BCUT2D eigenvalue weighted by Gasteiger charge is -2.54. The molecule has 0 heterocycles. The first kappa shape index (κ1) is 16.4. The number of nitrogens with zero attached hydrogens (tertiary/aromatic N) is 1. The van der Waals surface area contributed by atoms with E-state index in [4.69, 9.17) is 34.8 Å². The second-order valence-electron chi connectivity index (χ2n) is 6.83. The highest BCUT2D eigenvalue weighted by molar-refractivity contribution is 6.95. The molecule has 20 heavy (non-hydrogen) atoms. The van der Waals surface area contributed by atoms with Crippen molar-refractivity contribution in [2.24, 2.45) is 21.7 Å². The van der Waals surface area contributed by atoms with Crippen molar-refractivity contribution in [2.45, 2.75) is 51.8 Å². The van der Waals surface area contributed by atoms with Crippen molar-refractivity contribution in [2.75, 3.05) is 0 Å². The van der Waals surface area contributed by atoms with E-state index in [1.807, 2.05) is 6.08 Å². The summed E-state index contributed by atoms with van der Waals surface area (Å²) in [7, 11) is 0. The van der Waals surface area contributed by atoms with E-state index in [0.717, 1.165) is 19.3 Å². The van der Waals surface area contributed by atoms with Gasteiger partial charge in [0.1, 0.15) is 0 Å². The molecule has 112 valence electrons. The highest BCUT2D eigenvalue weighted by atomic mass is 35.5. The van der Waals surface area contributed by atoms with Crippen molar-refractivity contribution >= 4 is 39.4 Å². The molecule has 3 atom stereocenters. The predicted molar refractivity (Wildman–Crippen MR) is 89.9 cm³/mol. The fraction of sp³-hybridized carbons (Fsp3) is 0.688. The van der Waals surface area contributed by atoms with Crippen LogP contribution in [0.3, 0.4) is 0 Å². The zero-order valence-electron chi connectivity index (χ0n) is 12.3. The molecule has 0 aromatic rings. The van der Waals surface area contributed by atoms with Crippen LogP contribution in [0.1, 0.15) is 46.5 Å². The summed E-state index contributed by atoms with van der Waals surface area (Å²) in [5.41, 5.74) is 1.75. The fourth-order valence-corrected chi connectivity index (χ4v) is 4.43. The second kappa shape index (κ2) is 6.02. The molecule has 0 saturated heterocycles. The van der Waals surface area contributed by atoms with E-state index in [9.17, 15) is 0 Å². The van der Waals surface area contributed by atoms with E-state index >= 15 is 0 Å². The van der Waals surface area contributed by atoms with Crippen molar-refractivity contribution in [3.8, 4) is 0 Å². The summed E-state index contributed by atoms with van der Waals surface area (Å²) < 4.78 is 0.0468. The first-order valence-corrected chi connectivity index (χ1v) is 8.36. The number of rotatable bonds is 2. The molecule has 0 aliphatic heterocycles. The summed E-state index contributed by atoms with van der Waals surface area (Å²) in [6, 6.07) is 0. The van der Waals surface area contributed by atoms with E-state index in [1.165, 1.54) is 12.0 Å². The summed E-state index contributed by atoms with van der Waals surface area (Å²) >= 11 is 17.6. The van der Waals surface area contributed by atoms with E-state index in [-0.39, 0.29) is 20.8 Å². The summed E-state index contributed by atoms with van der Waals surface area (Å²) in [6.45, 7) is 7.00. The van der Waals surface area contributed by atoms with Crippen molar-refractivity contribution in [3.63, 3.8) is 0 Å². The number of allylic oxidation sites excluding steroid dienone is 3. The summed E-state index contributed by atoms with van der Waals surface area (Å²) in [4.78, 5) is 3.89. The highest BCUT2D eigenvalue weighted by Gasteiger charge is 2.50. The predicted octanol–water partition coefficient (Wildman–Crippen LogP) is 6.10. The minimum Gasteiger partial charge on any atom is -0.233 e. The van der Waals surface area contributed by atoms with Crippen LogP contribution in [0.2, 0.25) is 0 Å². The lowest BCUT2D eigenvalue weighted by molar-refractivity contribution is 0.0262. The van der Waals surface area contributed by atoms with Crippen LogP contribution in [0.15, 0.2) is 28.9 Å². The highest BCUT2D eigenvalue weighted by Crippen LogP contribution is 2.57. The van der Waals surface area contributed by atoms with Crippen LogP contribution >= 0.6 is 34.8 Å². The van der Waals surface area contributed by atoms with Gasteiger partial charge in [-0.05, 0) is 77.3 Å². The second-order valence-corrected chi connectivity index (χ2v) is 8.27. The Morgan fingerprint density at radius 1 is 1.30 bits per heavy atom. The molecule has 0 spiro atoms. The van der Waals surface area contributed by atoms with Gasteiger partial charge in [-0.3, -0.25) is 0 Å². The molecular formula is C16H22Cl3N. The molecule has 2 rings (SSSR count). The van der Waals surface area contributed by atoms with E-state index < -0.39 is 0 Å². The van der Waals surface area contributed by atoms with Gasteiger partial charge in [-0.15, -0.1) is 11.6 Å². The summed E-state index contributed by atoms with van der Waals surface area (Å²) in [5, 5.41) is 0.283. The largest absolute Gasteiger partial charge is 0.233 e. The minimum absolute atomic E-state index is 0.0468. The Morgan fingerprint density at radius 2 is 2.00 bits per heavy atom. The van der Waals surface area contributed by atoms with Crippen LogP contribution in [-0.2, 0) is 0 Å². The summed E-state index contributed by atoms with van der Waals surface area (Å²) in [6.07, 6.45) is 10.6. The van der Waals surface area contributed by atoms with Gasteiger partial charge in [0, 0.05) is 11.6 Å². The maximum Gasteiger partial charge on any atom is 0.196 e. The van der Waals surface area contributed by atoms with Crippen LogP contribution in [0, 0.1) is 16.7 Å². The molecule has 1 fully saturated rings. The third kappa shape index (κ3) is 3.26. The Morgan fingerprint density at radius 3 is 2.65 bits per heavy atom. The molecule has 0 aromatic heterocycles. The number of hydrogen-bond donors (Lipinski definition) is 0. The Bertz CT molecular complexity index is 460. The Balaban J connectivity index is 2.22. The van der Waals surface area contributed by atoms with Gasteiger partial charge in [0.25, 0.3) is 0 Å².